The highest BCUT2D eigenvalue weighted by atomic mass is 15.4. The Labute approximate surface area is 178 Å². The largest absolute Gasteiger partial charge is 0.319 e. The molecule has 4 aliphatic rings. The lowest BCUT2D eigenvalue weighted by molar-refractivity contribution is -0.923. The Morgan fingerprint density at radius 2 is 1.90 bits per heavy atom. The molecule has 2 aromatic rings. The molecule has 1 aliphatic carbocycles. The molecule has 3 aliphatic heterocycles. The average molecular weight is 398 g/mol. The number of anilines is 1. The maximum absolute atomic E-state index is 5.28. The highest BCUT2D eigenvalue weighted by molar-refractivity contribution is 6.14. The van der Waals surface area contributed by atoms with Crippen molar-refractivity contribution in [2.45, 2.75) is 31.2 Å². The van der Waals surface area contributed by atoms with Crippen LogP contribution in [0.1, 0.15) is 25.3 Å². The van der Waals surface area contributed by atoms with Crippen LogP contribution in [0.15, 0.2) is 83.0 Å². The lowest BCUT2D eigenvalue weighted by Crippen LogP contribution is -2.63. The van der Waals surface area contributed by atoms with Crippen LogP contribution in [0.3, 0.4) is 0 Å². The zero-order valence-corrected chi connectivity index (χ0v) is 17.7. The minimum Gasteiger partial charge on any atom is -0.319 e. The van der Waals surface area contributed by atoms with Gasteiger partial charge in [0.25, 0.3) is 0 Å². The quantitative estimate of drug-likeness (QED) is 0.447. The fourth-order valence-electron chi connectivity index (χ4n) is 6.71. The van der Waals surface area contributed by atoms with Gasteiger partial charge in [0.1, 0.15) is 12.6 Å². The number of hydrogen-bond donors (Lipinski definition) is 2. The molecular formula is C26H29N4+. The van der Waals surface area contributed by atoms with Crippen molar-refractivity contribution < 1.29 is 4.48 Å². The smallest absolute Gasteiger partial charge is 0.106 e. The second-order valence-corrected chi connectivity index (χ2v) is 9.46. The molecule has 0 amide bonds. The number of para-hydroxylation sites is 2. The summed E-state index contributed by atoms with van der Waals surface area (Å²) in [6.07, 6.45) is 6.95. The van der Waals surface area contributed by atoms with E-state index in [1.54, 1.807) is 5.57 Å². The van der Waals surface area contributed by atoms with Gasteiger partial charge in [0.05, 0.1) is 36.1 Å². The van der Waals surface area contributed by atoms with Gasteiger partial charge in [-0.2, -0.15) is 0 Å². The molecule has 2 saturated heterocycles. The summed E-state index contributed by atoms with van der Waals surface area (Å²) in [6.45, 7) is 4.59. The van der Waals surface area contributed by atoms with Crippen molar-refractivity contribution in [3.05, 3.63) is 83.6 Å². The van der Waals surface area contributed by atoms with Crippen molar-refractivity contribution >= 4 is 17.1 Å². The number of rotatable bonds is 3. The molecule has 4 nitrogen and oxygen atoms in total. The van der Waals surface area contributed by atoms with Crippen LogP contribution in [-0.2, 0) is 5.41 Å². The first-order valence-corrected chi connectivity index (χ1v) is 11.1. The summed E-state index contributed by atoms with van der Waals surface area (Å²) in [7, 11) is 2.47. The summed E-state index contributed by atoms with van der Waals surface area (Å²) in [6, 6.07) is 19.8. The molecule has 1 saturated carbocycles. The van der Waals surface area contributed by atoms with Gasteiger partial charge in [0, 0.05) is 25.0 Å². The Kier molecular flexibility index (Phi) is 3.79. The van der Waals surface area contributed by atoms with Crippen molar-refractivity contribution in [3.63, 3.8) is 0 Å². The van der Waals surface area contributed by atoms with E-state index in [-0.39, 0.29) is 5.41 Å². The molecule has 30 heavy (non-hydrogen) atoms. The first kappa shape index (κ1) is 18.0. The van der Waals surface area contributed by atoms with Crippen LogP contribution >= 0.6 is 0 Å². The fraction of sp³-hybridized carbons (Fsp3) is 0.346. The number of hydrogen-bond acceptors (Lipinski definition) is 3. The van der Waals surface area contributed by atoms with E-state index < -0.39 is 0 Å². The molecule has 3 heterocycles. The average Bonchev–Trinajstić information content (AvgIpc) is 3.29. The second kappa shape index (κ2) is 6.32. The topological polar surface area (TPSA) is 36.4 Å². The van der Waals surface area contributed by atoms with Gasteiger partial charge in [-0.15, -0.1) is 0 Å². The summed E-state index contributed by atoms with van der Waals surface area (Å²) in [5, 5.41) is 0. The number of fused-ring (bicyclic) bond motifs is 2. The predicted molar refractivity (Wildman–Crippen MR) is 123 cm³/mol. The summed E-state index contributed by atoms with van der Waals surface area (Å²) < 4.78 is 1.16. The third kappa shape index (κ3) is 2.28. The molecule has 4 atom stereocenters. The Hall–Kier alpha value is -2.85. The van der Waals surface area contributed by atoms with Gasteiger partial charge < -0.3 is 15.3 Å². The van der Waals surface area contributed by atoms with E-state index >= 15 is 0 Å². The Morgan fingerprint density at radius 3 is 2.73 bits per heavy atom. The normalized spacial score (nSPS) is 35.7. The molecule has 152 valence electrons. The lowest BCUT2D eigenvalue weighted by Gasteiger charge is -2.52. The predicted octanol–water partition coefficient (Wildman–Crippen LogP) is 4.71. The minimum absolute atomic E-state index is 0.0708. The van der Waals surface area contributed by atoms with Crippen molar-refractivity contribution in [2.24, 2.45) is 10.9 Å². The third-order valence-electron chi connectivity index (χ3n) is 8.07. The molecule has 3 fully saturated rings. The number of benzene rings is 2. The van der Waals surface area contributed by atoms with Crippen molar-refractivity contribution in [1.82, 2.24) is 5.43 Å². The number of quaternary nitrogens is 1. The molecule has 2 N–H and O–H groups in total. The summed E-state index contributed by atoms with van der Waals surface area (Å²) in [5.74, 6) is 0.454. The maximum Gasteiger partial charge on any atom is 0.106 e. The molecule has 6 rings (SSSR count). The molecule has 0 unspecified atom stereocenters. The SMILES string of the molecule is C/C=C1\C[N@@+]2(C)CC[C@@]34C(=Nc5ccccc53)C(=CNNc3ccccc3)[C@H]1C[C@@H]42. The number of aliphatic imine (C=N–C) groups is 1. The van der Waals surface area contributed by atoms with E-state index in [1.165, 1.54) is 41.9 Å². The van der Waals surface area contributed by atoms with Crippen molar-refractivity contribution in [2.75, 3.05) is 25.6 Å². The summed E-state index contributed by atoms with van der Waals surface area (Å²) in [5.41, 5.74) is 14.8. The van der Waals surface area contributed by atoms with Crippen LogP contribution in [0.5, 0.6) is 0 Å². The van der Waals surface area contributed by atoms with Crippen LogP contribution in [0.25, 0.3) is 0 Å². The first-order valence-electron chi connectivity index (χ1n) is 11.1. The summed E-state index contributed by atoms with van der Waals surface area (Å²) >= 11 is 0. The van der Waals surface area contributed by atoms with E-state index in [9.17, 15) is 0 Å². The second-order valence-electron chi connectivity index (χ2n) is 9.46. The van der Waals surface area contributed by atoms with Gasteiger partial charge in [-0.1, -0.05) is 42.5 Å². The number of nitrogens with one attached hydrogen (secondary N) is 2. The molecule has 1 spiro atoms. The van der Waals surface area contributed by atoms with E-state index in [1.807, 2.05) is 18.2 Å². The van der Waals surface area contributed by atoms with Gasteiger partial charge in [-0.25, -0.2) is 0 Å². The standard InChI is InChI=1S/C26H29N4/c1-3-18-17-30(2)14-13-26-22-11-7-8-12-23(22)28-25(26)21(20(18)15-24(26)30)16-27-29-19-9-5-4-6-10-19/h3-12,16,20,24,27,29H,13-15,17H2,1-2H3/q+1/b18-3+,21-16?/t20-,24-,26+,30+/m0/s1. The Balaban J connectivity index is 1.46. The Bertz CT molecular complexity index is 1100. The van der Waals surface area contributed by atoms with E-state index in [0.717, 1.165) is 16.7 Å². The monoisotopic (exact) mass is 397 g/mol. The van der Waals surface area contributed by atoms with Crippen molar-refractivity contribution in [1.29, 1.82) is 0 Å². The van der Waals surface area contributed by atoms with Crippen LogP contribution in [0.2, 0.25) is 0 Å². The Morgan fingerprint density at radius 1 is 1.10 bits per heavy atom. The zero-order chi connectivity index (χ0) is 20.3. The fourth-order valence-corrected chi connectivity index (χ4v) is 6.71. The van der Waals surface area contributed by atoms with Gasteiger partial charge >= 0.3 is 0 Å². The van der Waals surface area contributed by atoms with E-state index in [2.05, 4.69) is 73.5 Å². The molecule has 2 aromatic carbocycles. The molecular weight excluding hydrogens is 368 g/mol. The summed E-state index contributed by atoms with van der Waals surface area (Å²) in [4.78, 5) is 5.28. The van der Waals surface area contributed by atoms with Crippen LogP contribution in [-0.4, -0.2) is 36.4 Å². The van der Waals surface area contributed by atoms with Crippen LogP contribution < -0.4 is 10.9 Å². The zero-order valence-electron chi connectivity index (χ0n) is 17.7. The van der Waals surface area contributed by atoms with E-state index in [0.29, 0.717) is 12.0 Å². The van der Waals surface area contributed by atoms with E-state index in [4.69, 9.17) is 4.99 Å². The third-order valence-corrected chi connectivity index (χ3v) is 8.07. The lowest BCUT2D eigenvalue weighted by atomic mass is 9.58. The van der Waals surface area contributed by atoms with Crippen LogP contribution in [0.4, 0.5) is 11.4 Å². The number of allylic oxidation sites excluding steroid dienone is 2. The number of likely N-dealkylation sites (N-methyl/N-ethyl adjacent to an activating group) is 1. The van der Waals surface area contributed by atoms with Gasteiger partial charge in [0.15, 0.2) is 0 Å². The first-order chi connectivity index (χ1) is 14.7. The number of piperidine rings is 1. The maximum atomic E-state index is 5.28. The molecule has 0 aromatic heterocycles. The van der Waals surface area contributed by atoms with Crippen LogP contribution in [0, 0.1) is 5.92 Å². The molecule has 4 heteroatoms. The van der Waals surface area contributed by atoms with Gasteiger partial charge in [-0.3, -0.25) is 4.99 Å². The van der Waals surface area contributed by atoms with Gasteiger partial charge in [0.2, 0.25) is 0 Å². The van der Waals surface area contributed by atoms with Crippen molar-refractivity contribution in [3.8, 4) is 0 Å². The minimum atomic E-state index is 0.0708. The van der Waals surface area contributed by atoms with Gasteiger partial charge in [-0.05, 0) is 41.8 Å². The highest BCUT2D eigenvalue weighted by Crippen LogP contribution is 2.61. The molecule has 0 radical (unpaired) electrons. The number of nitrogens with zero attached hydrogens (tertiary/aromatic N) is 2. The number of hydrazine groups is 1. The molecule has 2 bridgehead atoms. The highest BCUT2D eigenvalue weighted by Gasteiger charge is 2.68.